The molecular formula is C24H28N4O2. The number of anilines is 1. The van der Waals surface area contributed by atoms with Crippen molar-refractivity contribution in [3.05, 3.63) is 65.5 Å². The average molecular weight is 405 g/mol. The number of aryl methyl sites for hydroxylation is 1. The predicted molar refractivity (Wildman–Crippen MR) is 117 cm³/mol. The average Bonchev–Trinajstić information content (AvgIpc) is 3.20. The van der Waals surface area contributed by atoms with Crippen molar-refractivity contribution < 1.29 is 9.21 Å². The predicted octanol–water partition coefficient (Wildman–Crippen LogP) is 4.57. The second kappa shape index (κ2) is 9.22. The van der Waals surface area contributed by atoms with Crippen LogP contribution in [0.2, 0.25) is 0 Å². The second-order valence-electron chi connectivity index (χ2n) is 8.14. The molecule has 1 aromatic heterocycles. The molecule has 0 aliphatic carbocycles. The Morgan fingerprint density at radius 3 is 2.70 bits per heavy atom. The van der Waals surface area contributed by atoms with Crippen LogP contribution in [0.25, 0.3) is 11.5 Å². The van der Waals surface area contributed by atoms with Gasteiger partial charge in [0, 0.05) is 30.3 Å². The number of amides is 1. The fourth-order valence-corrected chi connectivity index (χ4v) is 3.79. The molecule has 0 radical (unpaired) electrons. The van der Waals surface area contributed by atoms with Crippen LogP contribution in [0.4, 0.5) is 5.69 Å². The molecule has 1 fully saturated rings. The van der Waals surface area contributed by atoms with Gasteiger partial charge in [0.2, 0.25) is 11.8 Å². The van der Waals surface area contributed by atoms with Gasteiger partial charge in [0.05, 0.1) is 0 Å². The number of nitrogens with zero attached hydrogens (tertiary/aromatic N) is 3. The first-order valence-corrected chi connectivity index (χ1v) is 10.6. The topological polar surface area (TPSA) is 71.3 Å². The normalized spacial score (nSPS) is 15.3. The van der Waals surface area contributed by atoms with E-state index in [1.54, 1.807) is 19.1 Å². The van der Waals surface area contributed by atoms with Crippen LogP contribution < -0.4 is 5.32 Å². The fraction of sp³-hybridized carbons (Fsp3) is 0.375. The highest BCUT2D eigenvalue weighted by molar-refractivity contribution is 6.04. The molecule has 1 aliphatic rings. The molecule has 6 heteroatoms. The maximum atomic E-state index is 12.8. The quantitative estimate of drug-likeness (QED) is 0.651. The molecule has 156 valence electrons. The smallest absolute Gasteiger partial charge is 0.255 e. The molecule has 1 saturated heterocycles. The van der Waals surface area contributed by atoms with Crippen LogP contribution in [-0.4, -0.2) is 40.6 Å². The summed E-state index contributed by atoms with van der Waals surface area (Å²) in [5.41, 5.74) is 3.33. The van der Waals surface area contributed by atoms with E-state index in [2.05, 4.69) is 39.5 Å². The summed E-state index contributed by atoms with van der Waals surface area (Å²) in [4.78, 5) is 15.3. The second-order valence-corrected chi connectivity index (χ2v) is 8.14. The highest BCUT2D eigenvalue weighted by atomic mass is 16.4. The first-order chi connectivity index (χ1) is 14.6. The Labute approximate surface area is 177 Å². The van der Waals surface area contributed by atoms with Crippen LogP contribution in [0.3, 0.4) is 0 Å². The molecule has 1 N–H and O–H groups in total. The van der Waals surface area contributed by atoms with E-state index in [1.807, 2.05) is 24.3 Å². The van der Waals surface area contributed by atoms with Crippen molar-refractivity contribution in [1.29, 1.82) is 0 Å². The van der Waals surface area contributed by atoms with E-state index in [0.29, 0.717) is 17.3 Å². The van der Waals surface area contributed by atoms with Crippen LogP contribution in [0, 0.1) is 12.8 Å². The van der Waals surface area contributed by atoms with Crippen molar-refractivity contribution in [1.82, 2.24) is 15.1 Å². The molecule has 2 heterocycles. The summed E-state index contributed by atoms with van der Waals surface area (Å²) in [6.45, 7) is 7.52. The summed E-state index contributed by atoms with van der Waals surface area (Å²) in [5, 5.41) is 10.9. The molecule has 1 aliphatic heterocycles. The third-order valence-corrected chi connectivity index (χ3v) is 5.68. The van der Waals surface area contributed by atoms with Crippen LogP contribution in [-0.2, 0) is 6.42 Å². The molecule has 30 heavy (non-hydrogen) atoms. The van der Waals surface area contributed by atoms with Gasteiger partial charge in [-0.05, 0) is 74.2 Å². The van der Waals surface area contributed by atoms with Crippen molar-refractivity contribution in [2.75, 3.05) is 25.0 Å². The Kier molecular flexibility index (Phi) is 6.23. The van der Waals surface area contributed by atoms with E-state index in [-0.39, 0.29) is 5.91 Å². The monoisotopic (exact) mass is 404 g/mol. The zero-order chi connectivity index (χ0) is 20.9. The number of piperidine rings is 1. The number of rotatable bonds is 6. The minimum Gasteiger partial charge on any atom is -0.421 e. The first-order valence-electron chi connectivity index (χ1n) is 10.6. The Morgan fingerprint density at radius 2 is 1.93 bits per heavy atom. The van der Waals surface area contributed by atoms with Crippen molar-refractivity contribution in [2.45, 2.75) is 33.1 Å². The van der Waals surface area contributed by atoms with Gasteiger partial charge >= 0.3 is 0 Å². The molecule has 0 saturated carbocycles. The third kappa shape index (κ3) is 5.13. The zero-order valence-corrected chi connectivity index (χ0v) is 17.6. The maximum Gasteiger partial charge on any atom is 0.255 e. The Balaban J connectivity index is 1.38. The van der Waals surface area contributed by atoms with E-state index in [9.17, 15) is 4.79 Å². The maximum absolute atomic E-state index is 12.8. The molecular weight excluding hydrogens is 376 g/mol. The Bertz CT molecular complexity index is 1010. The van der Waals surface area contributed by atoms with Crippen LogP contribution in [0.15, 0.2) is 52.9 Å². The first kappa shape index (κ1) is 20.3. The molecule has 0 atom stereocenters. The van der Waals surface area contributed by atoms with Gasteiger partial charge in [-0.3, -0.25) is 4.79 Å². The van der Waals surface area contributed by atoms with E-state index in [0.717, 1.165) is 30.1 Å². The van der Waals surface area contributed by atoms with Crippen LogP contribution >= 0.6 is 0 Å². The molecule has 3 aromatic rings. The van der Waals surface area contributed by atoms with E-state index in [1.165, 1.54) is 31.5 Å². The molecule has 2 aromatic carbocycles. The van der Waals surface area contributed by atoms with Crippen LogP contribution in [0.1, 0.15) is 41.6 Å². The summed E-state index contributed by atoms with van der Waals surface area (Å²) in [5.74, 6) is 1.60. The number of carbonyl (C=O) groups is 1. The van der Waals surface area contributed by atoms with Gasteiger partial charge in [-0.25, -0.2) is 0 Å². The molecule has 0 spiro atoms. The molecule has 0 bridgehead atoms. The Hall–Kier alpha value is -2.99. The number of likely N-dealkylation sites (tertiary alicyclic amines) is 1. The van der Waals surface area contributed by atoms with Gasteiger partial charge in [0.1, 0.15) is 0 Å². The van der Waals surface area contributed by atoms with E-state index in [4.69, 9.17) is 4.42 Å². The van der Waals surface area contributed by atoms with Gasteiger partial charge in [-0.2, -0.15) is 0 Å². The lowest BCUT2D eigenvalue weighted by atomic mass is 9.99. The van der Waals surface area contributed by atoms with Crippen molar-refractivity contribution in [3.8, 4) is 11.5 Å². The summed E-state index contributed by atoms with van der Waals surface area (Å²) >= 11 is 0. The van der Waals surface area contributed by atoms with Gasteiger partial charge < -0.3 is 14.6 Å². The minimum absolute atomic E-state index is 0.157. The largest absolute Gasteiger partial charge is 0.421 e. The van der Waals surface area contributed by atoms with Crippen molar-refractivity contribution in [3.63, 3.8) is 0 Å². The zero-order valence-electron chi connectivity index (χ0n) is 17.6. The summed E-state index contributed by atoms with van der Waals surface area (Å²) in [7, 11) is 0. The number of aromatic nitrogens is 2. The highest BCUT2D eigenvalue weighted by Crippen LogP contribution is 2.21. The standard InChI is InChI=1S/C24H28N4O2/c1-17-9-12-28(13-10-17)14-11-19-5-3-8-22(15-19)25-23(29)20-6-4-7-21(16-20)24-27-26-18(2)30-24/h3-8,15-17H,9-14H2,1-2H3,(H,25,29). The molecule has 4 rings (SSSR count). The number of hydrogen-bond acceptors (Lipinski definition) is 5. The SMILES string of the molecule is Cc1nnc(-c2cccc(C(=O)Nc3cccc(CCN4CCC(C)CC4)c3)c2)o1. The van der Waals surface area contributed by atoms with Gasteiger partial charge in [-0.15, -0.1) is 10.2 Å². The summed E-state index contributed by atoms with van der Waals surface area (Å²) < 4.78 is 5.46. The lowest BCUT2D eigenvalue weighted by molar-refractivity contribution is 0.102. The van der Waals surface area contributed by atoms with Gasteiger partial charge in [0.25, 0.3) is 5.91 Å². The van der Waals surface area contributed by atoms with Crippen molar-refractivity contribution in [2.24, 2.45) is 5.92 Å². The summed E-state index contributed by atoms with van der Waals surface area (Å²) in [6.07, 6.45) is 3.57. The van der Waals surface area contributed by atoms with E-state index < -0.39 is 0 Å². The third-order valence-electron chi connectivity index (χ3n) is 5.68. The number of nitrogens with one attached hydrogen (secondary N) is 1. The number of carbonyl (C=O) groups excluding carboxylic acids is 1. The highest BCUT2D eigenvalue weighted by Gasteiger charge is 2.15. The minimum atomic E-state index is -0.157. The number of benzene rings is 2. The van der Waals surface area contributed by atoms with Gasteiger partial charge in [0.15, 0.2) is 0 Å². The van der Waals surface area contributed by atoms with Crippen molar-refractivity contribution >= 4 is 11.6 Å². The Morgan fingerprint density at radius 1 is 1.13 bits per heavy atom. The van der Waals surface area contributed by atoms with E-state index >= 15 is 0 Å². The molecule has 6 nitrogen and oxygen atoms in total. The van der Waals surface area contributed by atoms with Gasteiger partial charge in [-0.1, -0.05) is 25.1 Å². The number of hydrogen-bond donors (Lipinski definition) is 1. The fourth-order valence-electron chi connectivity index (χ4n) is 3.79. The lowest BCUT2D eigenvalue weighted by Gasteiger charge is -2.30. The summed E-state index contributed by atoms with van der Waals surface area (Å²) in [6, 6.07) is 15.3. The lowest BCUT2D eigenvalue weighted by Crippen LogP contribution is -2.34. The molecule has 1 amide bonds. The molecule has 0 unspecified atom stereocenters. The van der Waals surface area contributed by atoms with Crippen LogP contribution in [0.5, 0.6) is 0 Å².